The molecule has 3 unspecified atom stereocenters. The number of ether oxygens (including phenoxy) is 2. The number of hydrogen-bond donors (Lipinski definition) is 1. The molecule has 0 spiro atoms. The lowest BCUT2D eigenvalue weighted by atomic mass is 9.84. The second-order valence-electron chi connectivity index (χ2n) is 6.59. The quantitative estimate of drug-likeness (QED) is 0.793. The lowest BCUT2D eigenvalue weighted by Crippen LogP contribution is -2.46. The molecule has 1 saturated heterocycles. The molecule has 3 atom stereocenters. The van der Waals surface area contributed by atoms with Crippen LogP contribution in [-0.2, 0) is 24.6 Å². The molecular formula is C22H25NO4. The van der Waals surface area contributed by atoms with Crippen molar-refractivity contribution in [3.05, 3.63) is 71.8 Å². The fourth-order valence-electron chi connectivity index (χ4n) is 3.76. The van der Waals surface area contributed by atoms with Crippen LogP contribution in [0.1, 0.15) is 37.4 Å². The van der Waals surface area contributed by atoms with Crippen molar-refractivity contribution >= 4 is 11.9 Å². The minimum atomic E-state index is -1.09. The fourth-order valence-corrected chi connectivity index (χ4v) is 3.76. The third-order valence-corrected chi connectivity index (χ3v) is 4.97. The average Bonchev–Trinajstić information content (AvgIpc) is 3.12. The Morgan fingerprint density at radius 1 is 0.963 bits per heavy atom. The summed E-state index contributed by atoms with van der Waals surface area (Å²) in [4.78, 5) is 25.7. The normalized spacial score (nSPS) is 24.4. The number of carbonyl (C=O) groups excluding carboxylic acids is 2. The van der Waals surface area contributed by atoms with Gasteiger partial charge in [-0.1, -0.05) is 60.7 Å². The SMILES string of the molecule is CCOC(=O)C1CC(C(=O)OCC)(c2ccccc2)NC1c1ccccc1. The molecule has 5 heteroatoms. The van der Waals surface area contributed by atoms with Crippen molar-refractivity contribution in [1.82, 2.24) is 5.32 Å². The minimum Gasteiger partial charge on any atom is -0.466 e. The van der Waals surface area contributed by atoms with Crippen molar-refractivity contribution in [3.63, 3.8) is 0 Å². The third kappa shape index (κ3) is 3.74. The largest absolute Gasteiger partial charge is 0.466 e. The van der Waals surface area contributed by atoms with Crippen molar-refractivity contribution in [2.24, 2.45) is 5.92 Å². The van der Waals surface area contributed by atoms with E-state index < -0.39 is 11.5 Å². The highest BCUT2D eigenvalue weighted by Gasteiger charge is 2.55. The summed E-state index contributed by atoms with van der Waals surface area (Å²) in [6, 6.07) is 18.8. The molecule has 1 aliphatic rings. The highest BCUT2D eigenvalue weighted by molar-refractivity contribution is 5.86. The highest BCUT2D eigenvalue weighted by atomic mass is 16.5. The van der Waals surface area contributed by atoms with Crippen LogP contribution in [0.25, 0.3) is 0 Å². The van der Waals surface area contributed by atoms with Crippen molar-refractivity contribution in [2.45, 2.75) is 31.8 Å². The van der Waals surface area contributed by atoms with Crippen LogP contribution in [0.5, 0.6) is 0 Å². The molecule has 0 saturated carbocycles. The number of carbonyl (C=O) groups is 2. The summed E-state index contributed by atoms with van der Waals surface area (Å²) in [5.41, 5.74) is 0.642. The number of esters is 2. The van der Waals surface area contributed by atoms with E-state index in [2.05, 4.69) is 5.32 Å². The Kier molecular flexibility index (Phi) is 5.91. The van der Waals surface area contributed by atoms with E-state index in [1.165, 1.54) is 0 Å². The van der Waals surface area contributed by atoms with E-state index >= 15 is 0 Å². The molecule has 142 valence electrons. The monoisotopic (exact) mass is 367 g/mol. The van der Waals surface area contributed by atoms with Crippen LogP contribution in [0.2, 0.25) is 0 Å². The van der Waals surface area contributed by atoms with Gasteiger partial charge in [-0.15, -0.1) is 0 Å². The van der Waals surface area contributed by atoms with Crippen LogP contribution in [0.4, 0.5) is 0 Å². The highest BCUT2D eigenvalue weighted by Crippen LogP contribution is 2.45. The Balaban J connectivity index is 2.07. The Hall–Kier alpha value is -2.66. The minimum absolute atomic E-state index is 0.273. The summed E-state index contributed by atoms with van der Waals surface area (Å²) in [6.07, 6.45) is 0.286. The van der Waals surface area contributed by atoms with Gasteiger partial charge in [0.25, 0.3) is 0 Å². The molecule has 2 aromatic rings. The van der Waals surface area contributed by atoms with Crippen LogP contribution in [0.15, 0.2) is 60.7 Å². The summed E-state index contributed by atoms with van der Waals surface area (Å²) in [5.74, 6) is -1.16. The molecule has 1 aliphatic heterocycles. The molecule has 0 aromatic heterocycles. The second-order valence-corrected chi connectivity index (χ2v) is 6.59. The van der Waals surface area contributed by atoms with Crippen molar-refractivity contribution in [1.29, 1.82) is 0 Å². The van der Waals surface area contributed by atoms with E-state index in [1.807, 2.05) is 60.7 Å². The second kappa shape index (κ2) is 8.35. The number of benzene rings is 2. The average molecular weight is 367 g/mol. The first-order valence-electron chi connectivity index (χ1n) is 9.34. The van der Waals surface area contributed by atoms with E-state index in [9.17, 15) is 9.59 Å². The van der Waals surface area contributed by atoms with E-state index in [1.54, 1.807) is 13.8 Å². The molecule has 1 N–H and O–H groups in total. The first-order chi connectivity index (χ1) is 13.1. The Morgan fingerprint density at radius 3 is 2.15 bits per heavy atom. The molecule has 0 amide bonds. The summed E-state index contributed by atoms with van der Waals surface area (Å²) >= 11 is 0. The van der Waals surface area contributed by atoms with Gasteiger partial charge in [0, 0.05) is 6.04 Å². The summed E-state index contributed by atoms with van der Waals surface area (Å²) in [7, 11) is 0. The van der Waals surface area contributed by atoms with Crippen LogP contribution in [-0.4, -0.2) is 25.2 Å². The van der Waals surface area contributed by atoms with Gasteiger partial charge in [-0.05, 0) is 31.4 Å². The molecule has 1 heterocycles. The Morgan fingerprint density at radius 2 is 1.56 bits per heavy atom. The van der Waals surface area contributed by atoms with E-state index in [4.69, 9.17) is 9.47 Å². The van der Waals surface area contributed by atoms with Crippen molar-refractivity contribution in [2.75, 3.05) is 13.2 Å². The predicted molar refractivity (Wildman–Crippen MR) is 102 cm³/mol. The standard InChI is InChI=1S/C22H25NO4/c1-3-26-20(24)18-15-22(21(25)27-4-2,17-13-9-6-10-14-17)23-19(18)16-11-7-5-8-12-16/h5-14,18-19,23H,3-4,15H2,1-2H3. The molecule has 5 nitrogen and oxygen atoms in total. The van der Waals surface area contributed by atoms with Gasteiger partial charge in [0.05, 0.1) is 19.1 Å². The zero-order valence-electron chi connectivity index (χ0n) is 15.7. The van der Waals surface area contributed by atoms with E-state index in [0.717, 1.165) is 11.1 Å². The maximum absolute atomic E-state index is 13.0. The number of hydrogen-bond acceptors (Lipinski definition) is 5. The lowest BCUT2D eigenvalue weighted by Gasteiger charge is -2.28. The topological polar surface area (TPSA) is 64.6 Å². The molecule has 0 bridgehead atoms. The first kappa shape index (κ1) is 19.1. The van der Waals surface area contributed by atoms with Crippen LogP contribution >= 0.6 is 0 Å². The van der Waals surface area contributed by atoms with Crippen molar-refractivity contribution < 1.29 is 19.1 Å². The van der Waals surface area contributed by atoms with Gasteiger partial charge < -0.3 is 9.47 Å². The predicted octanol–water partition coefficient (Wildman–Crippen LogP) is 3.36. The molecule has 3 rings (SSSR count). The molecule has 2 aromatic carbocycles. The van der Waals surface area contributed by atoms with Gasteiger partial charge in [0.15, 0.2) is 0 Å². The molecular weight excluding hydrogens is 342 g/mol. The Bertz CT molecular complexity index is 777. The number of nitrogens with one attached hydrogen (secondary N) is 1. The van der Waals surface area contributed by atoms with Gasteiger partial charge in [-0.3, -0.25) is 10.1 Å². The van der Waals surface area contributed by atoms with Crippen LogP contribution in [0.3, 0.4) is 0 Å². The molecule has 0 aliphatic carbocycles. The van der Waals surface area contributed by atoms with Crippen LogP contribution < -0.4 is 5.32 Å². The van der Waals surface area contributed by atoms with Gasteiger partial charge in [-0.2, -0.15) is 0 Å². The zero-order valence-corrected chi connectivity index (χ0v) is 15.7. The summed E-state index contributed by atoms with van der Waals surface area (Å²) in [5, 5.41) is 3.44. The molecule has 0 radical (unpaired) electrons. The summed E-state index contributed by atoms with van der Waals surface area (Å²) < 4.78 is 10.7. The molecule has 27 heavy (non-hydrogen) atoms. The maximum Gasteiger partial charge on any atom is 0.331 e. The van der Waals surface area contributed by atoms with E-state index in [0.29, 0.717) is 6.61 Å². The third-order valence-electron chi connectivity index (χ3n) is 4.97. The fraction of sp³-hybridized carbons (Fsp3) is 0.364. The smallest absolute Gasteiger partial charge is 0.331 e. The lowest BCUT2D eigenvalue weighted by molar-refractivity contribution is -0.152. The molecule has 1 fully saturated rings. The van der Waals surface area contributed by atoms with Gasteiger partial charge in [-0.25, -0.2) is 4.79 Å². The van der Waals surface area contributed by atoms with Gasteiger partial charge >= 0.3 is 11.9 Å². The maximum atomic E-state index is 13.0. The number of rotatable bonds is 6. The van der Waals surface area contributed by atoms with E-state index in [-0.39, 0.29) is 31.0 Å². The van der Waals surface area contributed by atoms with Crippen molar-refractivity contribution in [3.8, 4) is 0 Å². The first-order valence-corrected chi connectivity index (χ1v) is 9.34. The van der Waals surface area contributed by atoms with Gasteiger partial charge in [0.2, 0.25) is 0 Å². The van der Waals surface area contributed by atoms with Gasteiger partial charge in [0.1, 0.15) is 5.54 Å². The zero-order chi connectivity index (χ0) is 19.3. The van der Waals surface area contributed by atoms with Crippen LogP contribution in [0, 0.1) is 5.92 Å². The Labute approximate surface area is 159 Å². The summed E-state index contributed by atoms with van der Waals surface area (Å²) in [6.45, 7) is 4.14.